The second-order valence-electron chi connectivity index (χ2n) is 5.35. The fraction of sp³-hybridized carbons (Fsp3) is 0.111. The molecule has 0 aliphatic rings. The number of aryl methyl sites for hydroxylation is 1. The lowest BCUT2D eigenvalue weighted by atomic mass is 10.2. The van der Waals surface area contributed by atoms with Crippen molar-refractivity contribution < 1.29 is 9.59 Å². The first-order valence-corrected chi connectivity index (χ1v) is 7.72. The van der Waals surface area contributed by atoms with Crippen LogP contribution in [0.1, 0.15) is 10.4 Å². The number of amides is 2. The van der Waals surface area contributed by atoms with E-state index in [0.29, 0.717) is 17.1 Å². The summed E-state index contributed by atoms with van der Waals surface area (Å²) in [5.41, 5.74) is 1.89. The molecule has 2 aromatic heterocycles. The number of anilines is 1. The smallest absolute Gasteiger partial charge is 0.251 e. The summed E-state index contributed by atoms with van der Waals surface area (Å²) in [7, 11) is 1.73. The maximum Gasteiger partial charge on any atom is 0.251 e. The summed E-state index contributed by atoms with van der Waals surface area (Å²) in [4.78, 5) is 28.2. The van der Waals surface area contributed by atoms with E-state index in [4.69, 9.17) is 0 Å². The molecule has 0 atom stereocenters. The Labute approximate surface area is 144 Å². The molecule has 0 saturated carbocycles. The van der Waals surface area contributed by atoms with Gasteiger partial charge in [0.15, 0.2) is 0 Å². The fourth-order valence-corrected chi connectivity index (χ4v) is 2.26. The van der Waals surface area contributed by atoms with Crippen molar-refractivity contribution >= 4 is 17.6 Å². The molecule has 3 rings (SSSR count). The summed E-state index contributed by atoms with van der Waals surface area (Å²) >= 11 is 0. The zero-order valence-corrected chi connectivity index (χ0v) is 13.6. The third-order valence-electron chi connectivity index (χ3n) is 3.52. The largest absolute Gasteiger partial charge is 0.343 e. The van der Waals surface area contributed by atoms with Gasteiger partial charge in [0.1, 0.15) is 11.5 Å². The van der Waals surface area contributed by atoms with Gasteiger partial charge in [-0.3, -0.25) is 19.3 Å². The SMILES string of the molecule is Cn1nc(-c2ccccn2)cc1NC(=O)CNC(=O)c1ccccc1. The van der Waals surface area contributed by atoms with Crippen LogP contribution in [0.5, 0.6) is 0 Å². The van der Waals surface area contributed by atoms with E-state index >= 15 is 0 Å². The first-order chi connectivity index (χ1) is 12.1. The van der Waals surface area contributed by atoms with Gasteiger partial charge in [0.25, 0.3) is 5.91 Å². The topological polar surface area (TPSA) is 88.9 Å². The zero-order chi connectivity index (χ0) is 17.6. The van der Waals surface area contributed by atoms with Gasteiger partial charge < -0.3 is 10.6 Å². The molecule has 0 unspecified atom stereocenters. The predicted molar refractivity (Wildman–Crippen MR) is 93.8 cm³/mol. The van der Waals surface area contributed by atoms with Crippen molar-refractivity contribution in [1.82, 2.24) is 20.1 Å². The normalized spacial score (nSPS) is 10.3. The lowest BCUT2D eigenvalue weighted by molar-refractivity contribution is -0.115. The van der Waals surface area contributed by atoms with E-state index < -0.39 is 0 Å². The highest BCUT2D eigenvalue weighted by Crippen LogP contribution is 2.18. The molecule has 25 heavy (non-hydrogen) atoms. The number of nitrogens with one attached hydrogen (secondary N) is 2. The van der Waals surface area contributed by atoms with Gasteiger partial charge in [-0.25, -0.2) is 0 Å². The third kappa shape index (κ3) is 4.08. The standard InChI is InChI=1S/C18H17N5O2/c1-23-16(11-15(22-23)14-9-5-6-10-19-14)21-17(24)12-20-18(25)13-7-3-2-4-8-13/h2-11H,12H2,1H3,(H,20,25)(H,21,24). The van der Waals surface area contributed by atoms with Crippen molar-refractivity contribution in [3.05, 3.63) is 66.4 Å². The fourth-order valence-electron chi connectivity index (χ4n) is 2.26. The van der Waals surface area contributed by atoms with E-state index in [1.54, 1.807) is 48.3 Å². The molecule has 0 radical (unpaired) electrons. The van der Waals surface area contributed by atoms with Crippen molar-refractivity contribution in [3.8, 4) is 11.4 Å². The van der Waals surface area contributed by atoms with E-state index in [1.807, 2.05) is 24.3 Å². The highest BCUT2D eigenvalue weighted by molar-refractivity contribution is 5.99. The van der Waals surface area contributed by atoms with Crippen LogP contribution >= 0.6 is 0 Å². The van der Waals surface area contributed by atoms with Crippen molar-refractivity contribution in [2.75, 3.05) is 11.9 Å². The van der Waals surface area contributed by atoms with Crippen LogP contribution < -0.4 is 10.6 Å². The predicted octanol–water partition coefficient (Wildman–Crippen LogP) is 1.85. The van der Waals surface area contributed by atoms with Gasteiger partial charge in [0.05, 0.1) is 12.2 Å². The molecule has 0 aliphatic heterocycles. The number of pyridine rings is 1. The lowest BCUT2D eigenvalue weighted by Crippen LogP contribution is -2.33. The highest BCUT2D eigenvalue weighted by Gasteiger charge is 2.12. The van der Waals surface area contributed by atoms with E-state index in [2.05, 4.69) is 20.7 Å². The van der Waals surface area contributed by atoms with Crippen molar-refractivity contribution in [2.24, 2.45) is 7.05 Å². The Morgan fingerprint density at radius 2 is 1.80 bits per heavy atom. The van der Waals surface area contributed by atoms with Crippen LogP contribution in [0.15, 0.2) is 60.8 Å². The zero-order valence-electron chi connectivity index (χ0n) is 13.6. The van der Waals surface area contributed by atoms with E-state index in [0.717, 1.165) is 5.69 Å². The molecule has 0 fully saturated rings. The Kier molecular flexibility index (Phi) is 4.84. The molecular formula is C18H17N5O2. The Bertz CT molecular complexity index is 875. The molecule has 1 aromatic carbocycles. The summed E-state index contributed by atoms with van der Waals surface area (Å²) < 4.78 is 1.56. The molecule has 0 saturated heterocycles. The van der Waals surface area contributed by atoms with Gasteiger partial charge in [-0.2, -0.15) is 5.10 Å². The third-order valence-corrected chi connectivity index (χ3v) is 3.52. The van der Waals surface area contributed by atoms with Gasteiger partial charge in [-0.05, 0) is 24.3 Å². The number of carbonyl (C=O) groups is 2. The van der Waals surface area contributed by atoms with E-state index in [1.165, 1.54) is 0 Å². The number of hydrogen-bond acceptors (Lipinski definition) is 4. The van der Waals surface area contributed by atoms with Crippen LogP contribution in [0.3, 0.4) is 0 Å². The van der Waals surface area contributed by atoms with Gasteiger partial charge in [-0.1, -0.05) is 24.3 Å². The molecular weight excluding hydrogens is 318 g/mol. The van der Waals surface area contributed by atoms with Crippen LogP contribution in [0.4, 0.5) is 5.82 Å². The number of carbonyl (C=O) groups excluding carboxylic acids is 2. The minimum atomic E-state index is -0.333. The summed E-state index contributed by atoms with van der Waals surface area (Å²) in [5, 5.41) is 9.64. The van der Waals surface area contributed by atoms with Crippen LogP contribution in [0.25, 0.3) is 11.4 Å². The van der Waals surface area contributed by atoms with Crippen LogP contribution in [0.2, 0.25) is 0 Å². The summed E-state index contributed by atoms with van der Waals surface area (Å²) in [5.74, 6) is -0.102. The molecule has 126 valence electrons. The highest BCUT2D eigenvalue weighted by atomic mass is 16.2. The first kappa shape index (κ1) is 16.4. The van der Waals surface area contributed by atoms with Gasteiger partial charge in [-0.15, -0.1) is 0 Å². The summed E-state index contributed by atoms with van der Waals surface area (Å²) in [6, 6.07) is 16.0. The van der Waals surface area contributed by atoms with E-state index in [-0.39, 0.29) is 18.4 Å². The maximum absolute atomic E-state index is 12.1. The minimum Gasteiger partial charge on any atom is -0.343 e. The van der Waals surface area contributed by atoms with Gasteiger partial charge >= 0.3 is 0 Å². The number of hydrogen-bond donors (Lipinski definition) is 2. The van der Waals surface area contributed by atoms with Crippen LogP contribution in [-0.2, 0) is 11.8 Å². The average Bonchev–Trinajstić information content (AvgIpc) is 3.01. The van der Waals surface area contributed by atoms with Crippen molar-refractivity contribution in [1.29, 1.82) is 0 Å². The monoisotopic (exact) mass is 335 g/mol. The number of rotatable bonds is 5. The van der Waals surface area contributed by atoms with Crippen LogP contribution in [-0.4, -0.2) is 33.1 Å². The molecule has 0 bridgehead atoms. The van der Waals surface area contributed by atoms with E-state index in [9.17, 15) is 9.59 Å². The van der Waals surface area contributed by atoms with Gasteiger partial charge in [0.2, 0.25) is 5.91 Å². The Hall–Kier alpha value is -3.48. The Morgan fingerprint density at radius 3 is 2.52 bits per heavy atom. The number of benzene rings is 1. The molecule has 0 aliphatic carbocycles. The second kappa shape index (κ2) is 7.39. The molecule has 0 spiro atoms. The average molecular weight is 335 g/mol. The van der Waals surface area contributed by atoms with Crippen molar-refractivity contribution in [3.63, 3.8) is 0 Å². The summed E-state index contributed by atoms with van der Waals surface area (Å²) in [6.45, 7) is -0.127. The number of nitrogens with zero attached hydrogens (tertiary/aromatic N) is 3. The first-order valence-electron chi connectivity index (χ1n) is 7.72. The van der Waals surface area contributed by atoms with Gasteiger partial charge in [0, 0.05) is 24.9 Å². The molecule has 3 aromatic rings. The lowest BCUT2D eigenvalue weighted by Gasteiger charge is -2.06. The molecule has 7 nitrogen and oxygen atoms in total. The maximum atomic E-state index is 12.1. The summed E-state index contributed by atoms with van der Waals surface area (Å²) in [6.07, 6.45) is 1.68. The molecule has 2 heterocycles. The number of aromatic nitrogens is 3. The van der Waals surface area contributed by atoms with Crippen LogP contribution in [0, 0.1) is 0 Å². The molecule has 7 heteroatoms. The quantitative estimate of drug-likeness (QED) is 0.745. The second-order valence-corrected chi connectivity index (χ2v) is 5.35. The molecule has 2 amide bonds. The van der Waals surface area contributed by atoms with Crippen molar-refractivity contribution in [2.45, 2.75) is 0 Å². The molecule has 2 N–H and O–H groups in total. The minimum absolute atomic E-state index is 0.127. The Balaban J connectivity index is 1.60. The Morgan fingerprint density at radius 1 is 1.04 bits per heavy atom.